The molecule has 23 heavy (non-hydrogen) atoms. The third-order valence-electron chi connectivity index (χ3n) is 3.55. The van der Waals surface area contributed by atoms with Crippen LogP contribution in [0.4, 0.5) is 0 Å². The second-order valence-corrected chi connectivity index (χ2v) is 8.14. The molecule has 0 aliphatic carbocycles. The van der Waals surface area contributed by atoms with Crippen molar-refractivity contribution in [2.24, 2.45) is 0 Å². The van der Waals surface area contributed by atoms with Crippen molar-refractivity contribution in [3.63, 3.8) is 0 Å². The SMILES string of the molecule is CCCC[C@@H](C(=O)[O-])N1C(=O)c2c(Br)c(Br)c(Br)c(Br)c2C1=O. The molecule has 9 heteroatoms. The molecule has 0 saturated heterocycles. The van der Waals surface area contributed by atoms with Crippen molar-refractivity contribution in [2.45, 2.75) is 32.2 Å². The Morgan fingerprint density at radius 1 is 1.00 bits per heavy atom. The number of imide groups is 1. The van der Waals surface area contributed by atoms with Crippen molar-refractivity contribution in [2.75, 3.05) is 0 Å². The van der Waals surface area contributed by atoms with E-state index in [0.717, 1.165) is 11.3 Å². The number of hydrogen-bond donors (Lipinski definition) is 0. The highest BCUT2D eigenvalue weighted by Gasteiger charge is 2.44. The largest absolute Gasteiger partial charge is 0.548 e. The fourth-order valence-electron chi connectivity index (χ4n) is 2.40. The Morgan fingerprint density at radius 3 is 1.78 bits per heavy atom. The molecule has 0 radical (unpaired) electrons. The van der Waals surface area contributed by atoms with Gasteiger partial charge >= 0.3 is 0 Å². The monoisotopic (exact) mass is 572 g/mol. The average Bonchev–Trinajstić information content (AvgIpc) is 2.75. The number of nitrogens with zero attached hydrogens (tertiary/aromatic N) is 1. The molecule has 124 valence electrons. The Balaban J connectivity index is 2.59. The number of carboxylic acid groups (broad SMARTS) is 1. The van der Waals surface area contributed by atoms with Gasteiger partial charge in [0, 0.05) is 17.9 Å². The molecular formula is C14H10Br4NO4-. The number of carbonyl (C=O) groups is 3. The molecular weight excluding hydrogens is 566 g/mol. The van der Waals surface area contributed by atoms with Gasteiger partial charge < -0.3 is 9.90 Å². The fraction of sp³-hybridized carbons (Fsp3) is 0.357. The van der Waals surface area contributed by atoms with Crippen LogP contribution in [0.25, 0.3) is 0 Å². The molecule has 0 fully saturated rings. The van der Waals surface area contributed by atoms with Crippen molar-refractivity contribution in [3.05, 3.63) is 29.0 Å². The topological polar surface area (TPSA) is 77.5 Å². The van der Waals surface area contributed by atoms with E-state index in [1.54, 1.807) is 0 Å². The van der Waals surface area contributed by atoms with Crippen molar-refractivity contribution in [1.82, 2.24) is 4.90 Å². The maximum atomic E-state index is 12.7. The van der Waals surface area contributed by atoms with Gasteiger partial charge in [0.15, 0.2) is 0 Å². The van der Waals surface area contributed by atoms with E-state index in [2.05, 4.69) is 63.7 Å². The van der Waals surface area contributed by atoms with Gasteiger partial charge in [-0.2, -0.15) is 0 Å². The Hall–Kier alpha value is -0.250. The number of carbonyl (C=O) groups excluding carboxylic acids is 3. The van der Waals surface area contributed by atoms with Gasteiger partial charge in [0.2, 0.25) is 0 Å². The normalized spacial score (nSPS) is 15.1. The highest BCUT2D eigenvalue weighted by Crippen LogP contribution is 2.45. The smallest absolute Gasteiger partial charge is 0.263 e. The molecule has 0 N–H and O–H groups in total. The second-order valence-electron chi connectivity index (χ2n) is 4.96. The summed E-state index contributed by atoms with van der Waals surface area (Å²) in [6, 6.07) is -1.28. The molecule has 1 aliphatic rings. The summed E-state index contributed by atoms with van der Waals surface area (Å²) in [5.41, 5.74) is 0.277. The number of halogens is 4. The van der Waals surface area contributed by atoms with E-state index in [1.807, 2.05) is 6.92 Å². The van der Waals surface area contributed by atoms with Crippen molar-refractivity contribution in [3.8, 4) is 0 Å². The van der Waals surface area contributed by atoms with E-state index in [9.17, 15) is 19.5 Å². The highest BCUT2D eigenvalue weighted by molar-refractivity contribution is 9.15. The average molecular weight is 576 g/mol. The zero-order valence-corrected chi connectivity index (χ0v) is 18.1. The molecule has 0 spiro atoms. The first-order chi connectivity index (χ1) is 10.7. The Bertz CT molecular complexity index is 672. The van der Waals surface area contributed by atoms with Crippen LogP contribution in [-0.4, -0.2) is 28.7 Å². The van der Waals surface area contributed by atoms with Gasteiger partial charge in [0.25, 0.3) is 11.8 Å². The van der Waals surface area contributed by atoms with Gasteiger partial charge in [-0.15, -0.1) is 0 Å². The summed E-state index contributed by atoms with van der Waals surface area (Å²) in [6.07, 6.45) is 1.49. The van der Waals surface area contributed by atoms with Crippen LogP contribution in [0.5, 0.6) is 0 Å². The van der Waals surface area contributed by atoms with Crippen LogP contribution < -0.4 is 5.11 Å². The summed E-state index contributed by atoms with van der Waals surface area (Å²) in [4.78, 5) is 37.6. The fourth-order valence-corrected chi connectivity index (χ4v) is 4.86. The van der Waals surface area contributed by atoms with Crippen molar-refractivity contribution >= 4 is 81.5 Å². The van der Waals surface area contributed by atoms with Crippen LogP contribution in [-0.2, 0) is 4.79 Å². The molecule has 1 aliphatic heterocycles. The molecule has 0 bridgehead atoms. The lowest BCUT2D eigenvalue weighted by Crippen LogP contribution is -2.50. The summed E-state index contributed by atoms with van der Waals surface area (Å²) in [5.74, 6) is -2.72. The Kier molecular flexibility index (Phi) is 6.08. The summed E-state index contributed by atoms with van der Waals surface area (Å²) in [7, 11) is 0. The van der Waals surface area contributed by atoms with Gasteiger partial charge in [-0.3, -0.25) is 14.5 Å². The zero-order chi connectivity index (χ0) is 17.5. The number of hydrogen-bond acceptors (Lipinski definition) is 4. The first-order valence-electron chi connectivity index (χ1n) is 6.68. The van der Waals surface area contributed by atoms with E-state index >= 15 is 0 Å². The summed E-state index contributed by atoms with van der Waals surface area (Å²) < 4.78 is 1.92. The molecule has 0 unspecified atom stereocenters. The molecule has 1 heterocycles. The Morgan fingerprint density at radius 2 is 1.43 bits per heavy atom. The molecule has 1 aromatic rings. The number of aliphatic carboxylic acids is 1. The molecule has 1 atom stereocenters. The lowest BCUT2D eigenvalue weighted by molar-refractivity contribution is -0.310. The minimum Gasteiger partial charge on any atom is -0.548 e. The first-order valence-corrected chi connectivity index (χ1v) is 9.85. The number of amides is 2. The highest BCUT2D eigenvalue weighted by atomic mass is 79.9. The van der Waals surface area contributed by atoms with E-state index in [-0.39, 0.29) is 17.5 Å². The quantitative estimate of drug-likeness (QED) is 0.305. The van der Waals surface area contributed by atoms with Crippen molar-refractivity contribution in [1.29, 1.82) is 0 Å². The Labute approximate surface area is 166 Å². The number of fused-ring (bicyclic) bond motifs is 1. The third-order valence-corrected chi connectivity index (χ3v) is 8.32. The van der Waals surface area contributed by atoms with Crippen LogP contribution in [0.2, 0.25) is 0 Å². The van der Waals surface area contributed by atoms with E-state index < -0.39 is 23.8 Å². The summed E-state index contributed by atoms with van der Waals surface area (Å²) in [6.45, 7) is 1.90. The standard InChI is InChI=1S/C14H11Br4NO4/c1-2-3-4-5(14(22)23)19-12(20)6-7(13(19)21)9(16)11(18)10(17)8(6)15/h5H,2-4H2,1H3,(H,22,23)/p-1/t5-/m0/s1. The summed E-state index contributed by atoms with van der Waals surface area (Å²) in [5, 5.41) is 11.4. The maximum Gasteiger partial charge on any atom is 0.263 e. The number of benzene rings is 1. The molecule has 0 aromatic heterocycles. The van der Waals surface area contributed by atoms with Crippen LogP contribution in [0, 0.1) is 0 Å². The summed E-state index contributed by atoms with van der Waals surface area (Å²) >= 11 is 13.2. The third kappa shape index (κ3) is 3.17. The molecule has 2 amide bonds. The van der Waals surface area contributed by atoms with Gasteiger partial charge in [-0.1, -0.05) is 19.8 Å². The minimum atomic E-state index is -1.43. The lowest BCUT2D eigenvalue weighted by Gasteiger charge is -2.26. The van der Waals surface area contributed by atoms with Crippen LogP contribution in [0.15, 0.2) is 17.9 Å². The van der Waals surface area contributed by atoms with Gasteiger partial charge in [0.1, 0.15) is 0 Å². The number of carboxylic acids is 1. The number of rotatable bonds is 5. The van der Waals surface area contributed by atoms with Crippen LogP contribution in [0.1, 0.15) is 46.9 Å². The molecule has 1 aromatic carbocycles. The van der Waals surface area contributed by atoms with Gasteiger partial charge in [-0.25, -0.2) is 0 Å². The first kappa shape index (κ1) is 19.1. The minimum absolute atomic E-state index is 0.139. The molecule has 5 nitrogen and oxygen atoms in total. The van der Waals surface area contributed by atoms with Gasteiger partial charge in [0.05, 0.1) is 23.1 Å². The maximum absolute atomic E-state index is 12.7. The predicted molar refractivity (Wildman–Crippen MR) is 96.1 cm³/mol. The second kappa shape index (κ2) is 7.33. The van der Waals surface area contributed by atoms with Crippen molar-refractivity contribution < 1.29 is 19.5 Å². The predicted octanol–water partition coefficient (Wildman–Crippen LogP) is 3.64. The van der Waals surface area contributed by atoms with Crippen LogP contribution in [0.3, 0.4) is 0 Å². The molecule has 2 rings (SSSR count). The zero-order valence-electron chi connectivity index (χ0n) is 11.8. The van der Waals surface area contributed by atoms with Gasteiger partial charge in [-0.05, 0) is 70.1 Å². The van der Waals surface area contributed by atoms with E-state index in [0.29, 0.717) is 24.3 Å². The lowest BCUT2D eigenvalue weighted by atomic mass is 10.1. The van der Waals surface area contributed by atoms with Crippen LogP contribution >= 0.6 is 63.7 Å². The number of unbranched alkanes of at least 4 members (excludes halogenated alkanes) is 1. The molecule has 0 saturated carbocycles. The van der Waals surface area contributed by atoms with E-state index in [1.165, 1.54) is 0 Å². The van der Waals surface area contributed by atoms with E-state index in [4.69, 9.17) is 0 Å².